The van der Waals surface area contributed by atoms with Gasteiger partial charge in [0.05, 0.1) is 0 Å². The highest BCUT2D eigenvalue weighted by Crippen LogP contribution is 2.58. The number of carbonyl (C=O) groups is 1. The molecule has 2 heteroatoms. The minimum Gasteiger partial charge on any atom is -0.298 e. The molecule has 2 nitrogen and oxygen atoms in total. The molecule has 112 valence electrons. The van der Waals surface area contributed by atoms with E-state index in [4.69, 9.17) is 0 Å². The Morgan fingerprint density at radius 1 is 1.23 bits per heavy atom. The summed E-state index contributed by atoms with van der Waals surface area (Å²) in [5.74, 6) is 1.14. The Bertz CT molecular complexity index is 763. The normalized spacial score (nSPS) is 30.9. The van der Waals surface area contributed by atoms with E-state index < -0.39 is 0 Å². The zero-order valence-electron chi connectivity index (χ0n) is 13.0. The minimum atomic E-state index is 0.294. The van der Waals surface area contributed by atoms with Crippen LogP contribution in [0.1, 0.15) is 44.1 Å². The Balaban J connectivity index is 1.73. The lowest BCUT2D eigenvalue weighted by Crippen LogP contribution is -2.29. The van der Waals surface area contributed by atoms with Gasteiger partial charge in [0.2, 0.25) is 0 Å². The van der Waals surface area contributed by atoms with Crippen molar-refractivity contribution in [1.29, 1.82) is 0 Å². The third-order valence-electron chi connectivity index (χ3n) is 6.00. The van der Waals surface area contributed by atoms with Crippen LogP contribution in [-0.2, 0) is 4.79 Å². The molecule has 0 spiro atoms. The van der Waals surface area contributed by atoms with Crippen molar-refractivity contribution in [2.45, 2.75) is 38.5 Å². The Kier molecular flexibility index (Phi) is 3.14. The van der Waals surface area contributed by atoms with Crippen molar-refractivity contribution in [2.24, 2.45) is 11.3 Å². The molecule has 1 heterocycles. The number of aldehydes is 1. The van der Waals surface area contributed by atoms with Crippen molar-refractivity contribution in [1.82, 2.24) is 4.98 Å². The van der Waals surface area contributed by atoms with Crippen LogP contribution in [-0.4, -0.2) is 11.3 Å². The molecule has 1 fully saturated rings. The molecule has 0 N–H and O–H groups in total. The van der Waals surface area contributed by atoms with Crippen molar-refractivity contribution in [3.05, 3.63) is 53.9 Å². The number of aromatic nitrogens is 1. The van der Waals surface area contributed by atoms with E-state index >= 15 is 0 Å². The summed E-state index contributed by atoms with van der Waals surface area (Å²) in [6.07, 6.45) is 11.6. The maximum Gasteiger partial charge on any atom is 0.145 e. The van der Waals surface area contributed by atoms with Gasteiger partial charge in [-0.25, -0.2) is 0 Å². The first-order valence-corrected chi connectivity index (χ1v) is 8.20. The summed E-state index contributed by atoms with van der Waals surface area (Å²) < 4.78 is 0. The van der Waals surface area contributed by atoms with Gasteiger partial charge >= 0.3 is 0 Å². The Morgan fingerprint density at radius 2 is 2.14 bits per heavy atom. The summed E-state index contributed by atoms with van der Waals surface area (Å²) in [4.78, 5) is 15.3. The largest absolute Gasteiger partial charge is 0.298 e. The molecule has 0 saturated heterocycles. The molecule has 2 aliphatic rings. The van der Waals surface area contributed by atoms with Crippen molar-refractivity contribution in [3.63, 3.8) is 0 Å². The second-order valence-electron chi connectivity index (χ2n) is 7.08. The molecule has 2 aromatic rings. The van der Waals surface area contributed by atoms with Gasteiger partial charge in [-0.05, 0) is 71.6 Å². The summed E-state index contributed by atoms with van der Waals surface area (Å²) in [6.45, 7) is 2.42. The van der Waals surface area contributed by atoms with Crippen molar-refractivity contribution in [3.8, 4) is 0 Å². The molecule has 0 amide bonds. The fourth-order valence-electron chi connectivity index (χ4n) is 4.62. The summed E-state index contributed by atoms with van der Waals surface area (Å²) in [5.41, 5.74) is 2.74. The number of benzene rings is 1. The zero-order chi connectivity index (χ0) is 15.2. The number of fused-ring (bicyclic) bond motifs is 2. The molecule has 0 bridgehead atoms. The summed E-state index contributed by atoms with van der Waals surface area (Å²) in [7, 11) is 0. The monoisotopic (exact) mass is 291 g/mol. The number of allylic oxidation sites excluding steroid dienone is 2. The number of carbonyl (C=O) groups excluding carboxylic acids is 1. The number of rotatable bonds is 2. The number of nitrogens with zero attached hydrogens (tertiary/aromatic N) is 1. The van der Waals surface area contributed by atoms with Crippen LogP contribution in [0, 0.1) is 11.3 Å². The number of hydrogen-bond acceptors (Lipinski definition) is 2. The van der Waals surface area contributed by atoms with E-state index in [1.807, 2.05) is 12.4 Å². The van der Waals surface area contributed by atoms with Gasteiger partial charge in [0.15, 0.2) is 0 Å². The standard InChI is InChI=1S/C20H21NO/c1-20-8-6-14(13-22)10-18(20)4-5-19(20)16-3-2-15-7-9-21-12-17(15)11-16/h2-3,7,9-13,18-19H,4-6,8H2,1H3/t18-,19-,20+/m1/s1. The van der Waals surface area contributed by atoms with Crippen molar-refractivity contribution < 1.29 is 4.79 Å². The fraction of sp³-hybridized carbons (Fsp3) is 0.400. The van der Waals surface area contributed by atoms with E-state index in [0.29, 0.717) is 17.3 Å². The van der Waals surface area contributed by atoms with Crippen LogP contribution in [0.3, 0.4) is 0 Å². The SMILES string of the molecule is C[C@]12CCC(C=O)=C[C@H]1CC[C@@H]2c1ccc2ccncc2c1. The highest BCUT2D eigenvalue weighted by Gasteiger charge is 2.47. The molecule has 0 aliphatic heterocycles. The van der Waals surface area contributed by atoms with E-state index in [2.05, 4.69) is 42.2 Å². The predicted molar refractivity (Wildman–Crippen MR) is 88.7 cm³/mol. The molecule has 1 aromatic heterocycles. The van der Waals surface area contributed by atoms with Crippen LogP contribution in [0.15, 0.2) is 48.3 Å². The third kappa shape index (κ3) is 2.01. The van der Waals surface area contributed by atoms with E-state index in [1.54, 1.807) is 0 Å². The molecule has 1 saturated carbocycles. The van der Waals surface area contributed by atoms with Crippen LogP contribution in [0.4, 0.5) is 0 Å². The van der Waals surface area contributed by atoms with Crippen LogP contribution in [0.25, 0.3) is 10.8 Å². The lowest BCUT2D eigenvalue weighted by Gasteiger charge is -2.39. The van der Waals surface area contributed by atoms with Crippen molar-refractivity contribution in [2.75, 3.05) is 0 Å². The zero-order valence-corrected chi connectivity index (χ0v) is 13.0. The molecule has 2 aliphatic carbocycles. The smallest absolute Gasteiger partial charge is 0.145 e. The lowest BCUT2D eigenvalue weighted by atomic mass is 9.65. The van der Waals surface area contributed by atoms with Crippen LogP contribution in [0.5, 0.6) is 0 Å². The summed E-state index contributed by atoms with van der Waals surface area (Å²) in [6, 6.07) is 8.90. The maximum absolute atomic E-state index is 11.1. The molecular weight excluding hydrogens is 270 g/mol. The predicted octanol–water partition coefficient (Wildman–Crippen LogP) is 4.65. The average molecular weight is 291 g/mol. The van der Waals surface area contributed by atoms with Gasteiger partial charge in [-0.2, -0.15) is 0 Å². The number of pyridine rings is 1. The van der Waals surface area contributed by atoms with E-state index in [-0.39, 0.29) is 0 Å². The van der Waals surface area contributed by atoms with Gasteiger partial charge in [0, 0.05) is 17.8 Å². The van der Waals surface area contributed by atoms with Crippen LogP contribution >= 0.6 is 0 Å². The van der Waals surface area contributed by atoms with Crippen molar-refractivity contribution >= 4 is 17.1 Å². The van der Waals surface area contributed by atoms with Crippen LogP contribution in [0.2, 0.25) is 0 Å². The maximum atomic E-state index is 11.1. The highest BCUT2D eigenvalue weighted by atomic mass is 16.1. The summed E-state index contributed by atoms with van der Waals surface area (Å²) >= 11 is 0. The second-order valence-corrected chi connectivity index (χ2v) is 7.08. The van der Waals surface area contributed by atoms with Crippen LogP contribution < -0.4 is 0 Å². The van der Waals surface area contributed by atoms with Gasteiger partial charge in [-0.1, -0.05) is 25.1 Å². The molecule has 1 aromatic carbocycles. The molecule has 3 atom stereocenters. The Hall–Kier alpha value is -1.96. The first-order chi connectivity index (χ1) is 10.7. The quantitative estimate of drug-likeness (QED) is 0.754. The van der Waals surface area contributed by atoms with E-state index in [0.717, 1.165) is 24.7 Å². The van der Waals surface area contributed by atoms with E-state index in [1.165, 1.54) is 29.2 Å². The van der Waals surface area contributed by atoms with Gasteiger partial charge in [0.1, 0.15) is 6.29 Å². The average Bonchev–Trinajstić information content (AvgIpc) is 2.90. The first kappa shape index (κ1) is 13.7. The highest BCUT2D eigenvalue weighted by molar-refractivity contribution is 5.82. The summed E-state index contributed by atoms with van der Waals surface area (Å²) in [5, 5.41) is 2.48. The third-order valence-corrected chi connectivity index (χ3v) is 6.00. The first-order valence-electron chi connectivity index (χ1n) is 8.20. The molecule has 0 radical (unpaired) electrons. The Morgan fingerprint density at radius 3 is 3.00 bits per heavy atom. The number of hydrogen-bond donors (Lipinski definition) is 0. The molecule has 0 unspecified atom stereocenters. The molecule has 4 rings (SSSR count). The van der Waals surface area contributed by atoms with E-state index in [9.17, 15) is 4.79 Å². The topological polar surface area (TPSA) is 30.0 Å². The minimum absolute atomic E-state index is 0.294. The second kappa shape index (κ2) is 5.05. The van der Waals surface area contributed by atoms with Gasteiger partial charge in [0.25, 0.3) is 0 Å². The van der Waals surface area contributed by atoms with Gasteiger partial charge in [-0.15, -0.1) is 0 Å². The Labute approximate surface area is 131 Å². The molecular formula is C20H21NO. The van der Waals surface area contributed by atoms with Gasteiger partial charge < -0.3 is 0 Å². The molecule has 22 heavy (non-hydrogen) atoms. The fourth-order valence-corrected chi connectivity index (χ4v) is 4.62. The lowest BCUT2D eigenvalue weighted by molar-refractivity contribution is -0.105. The van der Waals surface area contributed by atoms with Gasteiger partial charge in [-0.3, -0.25) is 9.78 Å².